The molecule has 12 heavy (non-hydrogen) atoms. The maximum Gasteiger partial charge on any atom is 0.357 e. The molecule has 1 heterocycles. The Labute approximate surface area is 67.3 Å². The molecule has 0 aromatic heterocycles. The third-order valence-electron chi connectivity index (χ3n) is 1.47. The van der Waals surface area contributed by atoms with Gasteiger partial charge in [0.2, 0.25) is 17.6 Å². The summed E-state index contributed by atoms with van der Waals surface area (Å²) in [5.41, 5.74) is 0. The lowest BCUT2D eigenvalue weighted by molar-refractivity contribution is -0.357. The minimum atomic E-state index is -2.95. The quantitative estimate of drug-likeness (QED) is 0.330. The van der Waals surface area contributed by atoms with E-state index in [0.29, 0.717) is 0 Å². The van der Waals surface area contributed by atoms with Gasteiger partial charge in [-0.15, -0.1) is 0 Å². The van der Waals surface area contributed by atoms with Crippen LogP contribution in [0.1, 0.15) is 6.92 Å². The van der Waals surface area contributed by atoms with E-state index in [0.717, 1.165) is 0 Å². The molecule has 1 atom stereocenters. The van der Waals surface area contributed by atoms with Crippen molar-refractivity contribution in [1.82, 2.24) is 0 Å². The number of aliphatic hydroxyl groups is 4. The second-order valence-corrected chi connectivity index (χ2v) is 2.43. The molecule has 4 N–H and O–H groups in total. The van der Waals surface area contributed by atoms with Gasteiger partial charge in [0.15, 0.2) is 0 Å². The van der Waals surface area contributed by atoms with Crippen LogP contribution in [0.5, 0.6) is 0 Å². The van der Waals surface area contributed by atoms with Crippen LogP contribution in [0.25, 0.3) is 0 Å². The fourth-order valence-corrected chi connectivity index (χ4v) is 0.803. The predicted octanol–water partition coefficient (Wildman–Crippen LogP) is -1.63. The van der Waals surface area contributed by atoms with Gasteiger partial charge in [0, 0.05) is 0 Å². The largest absolute Gasteiger partial charge is 0.502 e. The third-order valence-corrected chi connectivity index (χ3v) is 1.47. The first kappa shape index (κ1) is 8.98. The first-order chi connectivity index (χ1) is 5.36. The summed E-state index contributed by atoms with van der Waals surface area (Å²) in [4.78, 5) is 10.8. The SMILES string of the molecule is CC1=C(O)C(=O)C(O)C(O)(O)O1. The van der Waals surface area contributed by atoms with Crippen LogP contribution >= 0.6 is 0 Å². The number of allylic oxidation sites excluding steroid dienone is 1. The number of rotatable bonds is 0. The predicted molar refractivity (Wildman–Crippen MR) is 34.6 cm³/mol. The van der Waals surface area contributed by atoms with Gasteiger partial charge in [0.25, 0.3) is 0 Å². The second kappa shape index (κ2) is 2.44. The summed E-state index contributed by atoms with van der Waals surface area (Å²) in [5.74, 6) is -5.27. The Bertz CT molecular complexity index is 253. The average molecular weight is 176 g/mol. The number of ketones is 1. The van der Waals surface area contributed by atoms with Crippen LogP contribution in [0.4, 0.5) is 0 Å². The van der Waals surface area contributed by atoms with Crippen LogP contribution in [0.3, 0.4) is 0 Å². The van der Waals surface area contributed by atoms with Crippen molar-refractivity contribution < 1.29 is 30.0 Å². The van der Waals surface area contributed by atoms with Crippen LogP contribution in [0.2, 0.25) is 0 Å². The standard InChI is InChI=1S/C6H8O6/c1-2-3(7)4(8)5(9)6(10,11)12-2/h5,7,9-11H,1H3. The topological polar surface area (TPSA) is 107 Å². The zero-order valence-corrected chi connectivity index (χ0v) is 6.18. The Morgan fingerprint density at radius 1 is 1.50 bits per heavy atom. The second-order valence-electron chi connectivity index (χ2n) is 2.43. The van der Waals surface area contributed by atoms with Gasteiger partial charge < -0.3 is 25.2 Å². The molecule has 1 aliphatic heterocycles. The van der Waals surface area contributed by atoms with Crippen LogP contribution in [0.15, 0.2) is 11.5 Å². The molecule has 6 heteroatoms. The van der Waals surface area contributed by atoms with Crippen LogP contribution < -0.4 is 0 Å². The molecule has 1 unspecified atom stereocenters. The van der Waals surface area contributed by atoms with E-state index in [4.69, 9.17) is 20.4 Å². The van der Waals surface area contributed by atoms with Crippen molar-refractivity contribution in [2.45, 2.75) is 19.0 Å². The molecule has 0 aromatic rings. The van der Waals surface area contributed by atoms with E-state index in [1.54, 1.807) is 0 Å². The third kappa shape index (κ3) is 1.15. The van der Waals surface area contributed by atoms with Crippen molar-refractivity contribution >= 4 is 5.78 Å². The van der Waals surface area contributed by atoms with E-state index < -0.39 is 23.6 Å². The summed E-state index contributed by atoms with van der Waals surface area (Å²) in [5, 5.41) is 35.3. The number of aliphatic hydroxyl groups excluding tert-OH is 2. The molecule has 0 radical (unpaired) electrons. The lowest BCUT2D eigenvalue weighted by atomic mass is 10.1. The monoisotopic (exact) mass is 176 g/mol. The average Bonchev–Trinajstić information content (AvgIpc) is 1.97. The summed E-state index contributed by atoms with van der Waals surface area (Å²) in [6.45, 7) is 1.17. The van der Waals surface area contributed by atoms with Gasteiger partial charge in [-0.1, -0.05) is 0 Å². The van der Waals surface area contributed by atoms with E-state index in [2.05, 4.69) is 4.74 Å². The van der Waals surface area contributed by atoms with Crippen LogP contribution in [-0.4, -0.2) is 38.3 Å². The van der Waals surface area contributed by atoms with Crippen molar-refractivity contribution in [1.29, 1.82) is 0 Å². The van der Waals surface area contributed by atoms with E-state index in [-0.39, 0.29) is 5.76 Å². The number of ether oxygens (including phenoxy) is 1. The number of Topliss-reactive ketones (excluding diaryl/α,β-unsaturated/α-hetero) is 1. The van der Waals surface area contributed by atoms with E-state index >= 15 is 0 Å². The minimum absolute atomic E-state index is 0.338. The molecule has 0 amide bonds. The lowest BCUT2D eigenvalue weighted by Gasteiger charge is -2.30. The Morgan fingerprint density at radius 3 is 2.50 bits per heavy atom. The summed E-state index contributed by atoms with van der Waals surface area (Å²) in [6, 6.07) is 0. The Kier molecular flexibility index (Phi) is 1.83. The fraction of sp³-hybridized carbons (Fsp3) is 0.500. The Balaban J connectivity index is 3.08. The van der Waals surface area contributed by atoms with Crippen molar-refractivity contribution in [3.05, 3.63) is 11.5 Å². The highest BCUT2D eigenvalue weighted by molar-refractivity contribution is 5.98. The van der Waals surface area contributed by atoms with Gasteiger partial charge in [-0.25, -0.2) is 0 Å². The van der Waals surface area contributed by atoms with Crippen LogP contribution in [0, 0.1) is 0 Å². The maximum absolute atomic E-state index is 10.8. The van der Waals surface area contributed by atoms with Gasteiger partial charge in [-0.2, -0.15) is 0 Å². The summed E-state index contributed by atoms with van der Waals surface area (Å²) in [7, 11) is 0. The molecule has 0 fully saturated rings. The Morgan fingerprint density at radius 2 is 2.00 bits per heavy atom. The van der Waals surface area contributed by atoms with Gasteiger partial charge in [-0.3, -0.25) is 4.79 Å². The molecular formula is C6H8O6. The van der Waals surface area contributed by atoms with Gasteiger partial charge >= 0.3 is 5.97 Å². The molecule has 0 aromatic carbocycles. The fourth-order valence-electron chi connectivity index (χ4n) is 0.803. The van der Waals surface area contributed by atoms with Gasteiger partial charge in [0.1, 0.15) is 5.76 Å². The molecule has 0 aliphatic carbocycles. The van der Waals surface area contributed by atoms with Gasteiger partial charge in [-0.05, 0) is 6.92 Å². The highest BCUT2D eigenvalue weighted by Crippen LogP contribution is 2.24. The Hall–Kier alpha value is -1.11. The summed E-state index contributed by atoms with van der Waals surface area (Å²) >= 11 is 0. The molecule has 1 rings (SSSR count). The van der Waals surface area contributed by atoms with E-state index in [1.165, 1.54) is 6.92 Å². The first-order valence-corrected chi connectivity index (χ1v) is 3.12. The van der Waals surface area contributed by atoms with Crippen molar-refractivity contribution in [3.8, 4) is 0 Å². The summed E-state index contributed by atoms with van der Waals surface area (Å²) in [6.07, 6.45) is -2.18. The first-order valence-electron chi connectivity index (χ1n) is 3.12. The minimum Gasteiger partial charge on any atom is -0.502 e. The highest BCUT2D eigenvalue weighted by atomic mass is 16.8. The van der Waals surface area contributed by atoms with Crippen molar-refractivity contribution in [2.75, 3.05) is 0 Å². The van der Waals surface area contributed by atoms with Crippen LogP contribution in [-0.2, 0) is 9.53 Å². The molecule has 0 bridgehead atoms. The zero-order chi connectivity index (χ0) is 9.52. The van der Waals surface area contributed by atoms with Gasteiger partial charge in [0.05, 0.1) is 0 Å². The molecule has 0 saturated carbocycles. The normalized spacial score (nSPS) is 28.7. The lowest BCUT2D eigenvalue weighted by Crippen LogP contribution is -2.52. The number of hydrogen-bond acceptors (Lipinski definition) is 6. The zero-order valence-electron chi connectivity index (χ0n) is 6.18. The molecule has 6 nitrogen and oxygen atoms in total. The number of hydrogen-bond donors (Lipinski definition) is 4. The molecule has 0 spiro atoms. The number of carbonyl (C=O) groups excluding carboxylic acids is 1. The molecule has 1 aliphatic rings. The van der Waals surface area contributed by atoms with Crippen molar-refractivity contribution in [2.24, 2.45) is 0 Å². The number of carbonyl (C=O) groups is 1. The molecular weight excluding hydrogens is 168 g/mol. The highest BCUT2D eigenvalue weighted by Gasteiger charge is 2.47. The summed E-state index contributed by atoms with van der Waals surface area (Å²) < 4.78 is 4.24. The maximum atomic E-state index is 10.8. The smallest absolute Gasteiger partial charge is 0.357 e. The molecule has 0 saturated heterocycles. The molecule has 68 valence electrons. The van der Waals surface area contributed by atoms with Crippen molar-refractivity contribution in [3.63, 3.8) is 0 Å². The van der Waals surface area contributed by atoms with E-state index in [9.17, 15) is 4.79 Å². The van der Waals surface area contributed by atoms with E-state index in [1.807, 2.05) is 0 Å².